The van der Waals surface area contributed by atoms with E-state index in [9.17, 15) is 9.59 Å². The number of amides is 2. The van der Waals surface area contributed by atoms with Gasteiger partial charge in [-0.25, -0.2) is 0 Å². The van der Waals surface area contributed by atoms with Crippen molar-refractivity contribution < 1.29 is 9.59 Å². The van der Waals surface area contributed by atoms with E-state index in [4.69, 9.17) is 0 Å². The first-order chi connectivity index (χ1) is 12.4. The summed E-state index contributed by atoms with van der Waals surface area (Å²) in [7, 11) is 0. The Hall–Kier alpha value is -2.69. The lowest BCUT2D eigenvalue weighted by molar-refractivity contribution is 0.0532. The highest BCUT2D eigenvalue weighted by atomic mass is 16.2. The number of aromatic nitrogens is 1. The molecule has 5 heteroatoms. The van der Waals surface area contributed by atoms with Gasteiger partial charge in [-0.2, -0.15) is 0 Å². The molecule has 1 aromatic heterocycles. The van der Waals surface area contributed by atoms with E-state index in [1.54, 1.807) is 29.3 Å². The van der Waals surface area contributed by atoms with Crippen LogP contribution in [0.25, 0.3) is 0 Å². The number of hydrogen-bond acceptors (Lipinski definition) is 3. The van der Waals surface area contributed by atoms with Crippen molar-refractivity contribution in [3.8, 4) is 0 Å². The van der Waals surface area contributed by atoms with Gasteiger partial charge in [0.2, 0.25) is 0 Å². The van der Waals surface area contributed by atoms with Crippen molar-refractivity contribution in [1.29, 1.82) is 0 Å². The summed E-state index contributed by atoms with van der Waals surface area (Å²) >= 11 is 0. The lowest BCUT2D eigenvalue weighted by atomic mass is 9.86. The molecule has 26 heavy (non-hydrogen) atoms. The molecule has 0 atom stereocenters. The quantitative estimate of drug-likeness (QED) is 0.836. The minimum atomic E-state index is -0.0766. The van der Waals surface area contributed by atoms with Gasteiger partial charge in [-0.15, -0.1) is 0 Å². The van der Waals surface area contributed by atoms with Crippen molar-refractivity contribution in [3.05, 3.63) is 65.5 Å². The van der Waals surface area contributed by atoms with E-state index >= 15 is 0 Å². The minimum absolute atomic E-state index is 0.0235. The molecule has 1 fully saturated rings. The summed E-state index contributed by atoms with van der Waals surface area (Å²) in [6.07, 6.45) is 1.62. The topological polar surface area (TPSA) is 53.5 Å². The molecule has 1 aromatic carbocycles. The molecule has 2 heterocycles. The normalized spacial score (nSPS) is 15.0. The van der Waals surface area contributed by atoms with Gasteiger partial charge in [0.15, 0.2) is 0 Å². The van der Waals surface area contributed by atoms with Crippen LogP contribution in [0.5, 0.6) is 0 Å². The molecular weight excluding hydrogens is 326 g/mol. The summed E-state index contributed by atoms with van der Waals surface area (Å²) in [5.41, 5.74) is 2.42. The highest BCUT2D eigenvalue weighted by molar-refractivity contribution is 5.95. The zero-order valence-corrected chi connectivity index (χ0v) is 15.6. The van der Waals surface area contributed by atoms with Gasteiger partial charge >= 0.3 is 0 Å². The molecule has 1 saturated heterocycles. The first kappa shape index (κ1) is 18.1. The zero-order valence-electron chi connectivity index (χ0n) is 15.6. The van der Waals surface area contributed by atoms with Crippen molar-refractivity contribution >= 4 is 11.8 Å². The Kier molecular flexibility index (Phi) is 5.07. The van der Waals surface area contributed by atoms with Crippen LogP contribution in [0.4, 0.5) is 0 Å². The maximum Gasteiger partial charge on any atom is 0.272 e. The average molecular weight is 351 g/mol. The van der Waals surface area contributed by atoms with E-state index in [-0.39, 0.29) is 17.2 Å². The molecule has 5 nitrogen and oxygen atoms in total. The molecular formula is C21H25N3O2. The Labute approximate surface area is 154 Å². The molecule has 3 rings (SSSR count). The molecule has 0 bridgehead atoms. The Morgan fingerprint density at radius 1 is 0.846 bits per heavy atom. The lowest BCUT2D eigenvalue weighted by Crippen LogP contribution is -2.50. The van der Waals surface area contributed by atoms with Gasteiger partial charge in [0, 0.05) is 37.9 Å². The molecule has 1 aliphatic rings. The van der Waals surface area contributed by atoms with Crippen LogP contribution >= 0.6 is 0 Å². The fraction of sp³-hybridized carbons (Fsp3) is 0.381. The maximum atomic E-state index is 12.7. The summed E-state index contributed by atoms with van der Waals surface area (Å²) in [6.45, 7) is 8.60. The summed E-state index contributed by atoms with van der Waals surface area (Å²) in [5, 5.41) is 0. The number of nitrogens with zero attached hydrogens (tertiary/aromatic N) is 3. The van der Waals surface area contributed by atoms with Gasteiger partial charge in [0.25, 0.3) is 11.8 Å². The van der Waals surface area contributed by atoms with E-state index < -0.39 is 0 Å². The SMILES string of the molecule is CC(C)(C)c1ccc(C(=O)N2CCN(C(=O)c3ccccn3)CC2)cc1. The Balaban J connectivity index is 1.61. The summed E-state index contributed by atoms with van der Waals surface area (Å²) in [5.74, 6) is -0.0531. The van der Waals surface area contributed by atoms with E-state index in [0.717, 1.165) is 0 Å². The third-order valence-electron chi connectivity index (χ3n) is 4.74. The smallest absolute Gasteiger partial charge is 0.272 e. The highest BCUT2D eigenvalue weighted by Crippen LogP contribution is 2.22. The molecule has 0 saturated carbocycles. The van der Waals surface area contributed by atoms with E-state index in [1.165, 1.54) is 5.56 Å². The number of carbonyl (C=O) groups excluding carboxylic acids is 2. The largest absolute Gasteiger partial charge is 0.335 e. The molecule has 2 amide bonds. The van der Waals surface area contributed by atoms with Gasteiger partial charge in [0.05, 0.1) is 0 Å². The third-order valence-corrected chi connectivity index (χ3v) is 4.74. The molecule has 136 valence electrons. The monoisotopic (exact) mass is 351 g/mol. The lowest BCUT2D eigenvalue weighted by Gasteiger charge is -2.34. The van der Waals surface area contributed by atoms with Crippen molar-refractivity contribution in [2.75, 3.05) is 26.2 Å². The third kappa shape index (κ3) is 3.93. The van der Waals surface area contributed by atoms with Crippen molar-refractivity contribution in [2.45, 2.75) is 26.2 Å². The standard InChI is InChI=1S/C21H25N3O2/c1-21(2,3)17-9-7-16(8-10-17)19(25)23-12-14-24(15-13-23)20(26)18-6-4-5-11-22-18/h4-11H,12-15H2,1-3H3. The molecule has 0 aliphatic carbocycles. The van der Waals surface area contributed by atoms with Crippen LogP contribution in [0.3, 0.4) is 0 Å². The molecule has 2 aromatic rings. The maximum absolute atomic E-state index is 12.7. The predicted octanol–water partition coefficient (Wildman–Crippen LogP) is 2.98. The molecule has 0 unspecified atom stereocenters. The summed E-state index contributed by atoms with van der Waals surface area (Å²) in [6, 6.07) is 13.2. The van der Waals surface area contributed by atoms with E-state index in [1.807, 2.05) is 29.2 Å². The highest BCUT2D eigenvalue weighted by Gasteiger charge is 2.26. The van der Waals surface area contributed by atoms with Gasteiger partial charge < -0.3 is 9.80 Å². The van der Waals surface area contributed by atoms with E-state index in [2.05, 4.69) is 25.8 Å². The van der Waals surface area contributed by atoms with Gasteiger partial charge in [0.1, 0.15) is 5.69 Å². The second kappa shape index (κ2) is 7.28. The Morgan fingerprint density at radius 2 is 1.42 bits per heavy atom. The van der Waals surface area contributed by atoms with Crippen LogP contribution in [-0.4, -0.2) is 52.8 Å². The second-order valence-electron chi connectivity index (χ2n) is 7.63. The Morgan fingerprint density at radius 3 is 1.92 bits per heavy atom. The molecule has 0 radical (unpaired) electrons. The van der Waals surface area contributed by atoms with Crippen molar-refractivity contribution in [2.24, 2.45) is 0 Å². The second-order valence-corrected chi connectivity index (χ2v) is 7.63. The summed E-state index contributed by atoms with van der Waals surface area (Å²) in [4.78, 5) is 32.8. The summed E-state index contributed by atoms with van der Waals surface area (Å²) < 4.78 is 0. The first-order valence-electron chi connectivity index (χ1n) is 8.96. The number of hydrogen-bond donors (Lipinski definition) is 0. The Bertz CT molecular complexity index is 771. The van der Waals surface area contributed by atoms with Crippen LogP contribution < -0.4 is 0 Å². The van der Waals surface area contributed by atoms with Gasteiger partial charge in [-0.3, -0.25) is 14.6 Å². The zero-order chi connectivity index (χ0) is 18.7. The fourth-order valence-electron chi connectivity index (χ4n) is 3.06. The molecule has 0 N–H and O–H groups in total. The number of benzene rings is 1. The number of pyridine rings is 1. The van der Waals surface area contributed by atoms with Crippen molar-refractivity contribution in [1.82, 2.24) is 14.8 Å². The van der Waals surface area contributed by atoms with E-state index in [0.29, 0.717) is 37.4 Å². The average Bonchev–Trinajstić information content (AvgIpc) is 2.67. The predicted molar refractivity (Wildman–Crippen MR) is 101 cm³/mol. The number of rotatable bonds is 2. The molecule has 1 aliphatic heterocycles. The van der Waals surface area contributed by atoms with Gasteiger partial charge in [-0.05, 0) is 35.2 Å². The number of carbonyl (C=O) groups is 2. The molecule has 0 spiro atoms. The number of piperazine rings is 1. The van der Waals surface area contributed by atoms with Crippen LogP contribution in [0, 0.1) is 0 Å². The van der Waals surface area contributed by atoms with Crippen LogP contribution in [0.1, 0.15) is 47.2 Å². The first-order valence-corrected chi connectivity index (χ1v) is 8.96. The van der Waals surface area contributed by atoms with Crippen LogP contribution in [0.15, 0.2) is 48.7 Å². The minimum Gasteiger partial charge on any atom is -0.335 e. The van der Waals surface area contributed by atoms with Crippen LogP contribution in [0.2, 0.25) is 0 Å². The fourth-order valence-corrected chi connectivity index (χ4v) is 3.06. The van der Waals surface area contributed by atoms with Crippen LogP contribution in [-0.2, 0) is 5.41 Å². The van der Waals surface area contributed by atoms with Gasteiger partial charge in [-0.1, -0.05) is 39.0 Å². The van der Waals surface area contributed by atoms with Crippen molar-refractivity contribution in [3.63, 3.8) is 0 Å².